The molecule has 1 aliphatic carbocycles. The van der Waals surface area contributed by atoms with E-state index in [1.54, 1.807) is 6.07 Å². The summed E-state index contributed by atoms with van der Waals surface area (Å²) >= 11 is 0. The van der Waals surface area contributed by atoms with E-state index < -0.39 is 0 Å². The first-order valence-electron chi connectivity index (χ1n) is 6.60. The summed E-state index contributed by atoms with van der Waals surface area (Å²) < 4.78 is 0. The van der Waals surface area contributed by atoms with Gasteiger partial charge in [-0.05, 0) is 42.5 Å². The van der Waals surface area contributed by atoms with Crippen molar-refractivity contribution in [3.05, 3.63) is 47.5 Å². The van der Waals surface area contributed by atoms with E-state index >= 15 is 0 Å². The van der Waals surface area contributed by atoms with Crippen molar-refractivity contribution in [2.75, 3.05) is 16.8 Å². The van der Waals surface area contributed by atoms with Gasteiger partial charge in [-0.2, -0.15) is 0 Å². The van der Waals surface area contributed by atoms with Gasteiger partial charge in [0.15, 0.2) is 0 Å². The largest absolute Gasteiger partial charge is 0.396 e. The molecular formula is C15H18N4. The Labute approximate surface area is 112 Å². The van der Waals surface area contributed by atoms with E-state index in [2.05, 4.69) is 34.6 Å². The van der Waals surface area contributed by atoms with E-state index in [0.717, 1.165) is 18.7 Å². The van der Waals surface area contributed by atoms with Gasteiger partial charge in [0.2, 0.25) is 0 Å². The predicted octanol–water partition coefficient (Wildman–Crippen LogP) is 2.74. The van der Waals surface area contributed by atoms with Gasteiger partial charge in [-0.25, -0.2) is 4.98 Å². The van der Waals surface area contributed by atoms with Gasteiger partial charge in [0.25, 0.3) is 0 Å². The quantitative estimate of drug-likeness (QED) is 0.770. The SMILES string of the molecule is Nc1ccc(NC2CCCc3ccccc32)nc1N. The zero-order valence-corrected chi connectivity index (χ0v) is 10.8. The van der Waals surface area contributed by atoms with E-state index in [9.17, 15) is 0 Å². The van der Waals surface area contributed by atoms with Crippen molar-refractivity contribution in [2.24, 2.45) is 0 Å². The Hall–Kier alpha value is -2.23. The van der Waals surface area contributed by atoms with Gasteiger partial charge in [0.1, 0.15) is 11.6 Å². The van der Waals surface area contributed by atoms with Crippen LogP contribution in [0.15, 0.2) is 36.4 Å². The molecular weight excluding hydrogens is 236 g/mol. The Morgan fingerprint density at radius 3 is 2.79 bits per heavy atom. The van der Waals surface area contributed by atoms with Gasteiger partial charge in [-0.3, -0.25) is 0 Å². The van der Waals surface area contributed by atoms with Crippen LogP contribution in [0.25, 0.3) is 0 Å². The topological polar surface area (TPSA) is 77.0 Å². The Kier molecular flexibility index (Phi) is 2.99. The highest BCUT2D eigenvalue weighted by Crippen LogP contribution is 2.32. The van der Waals surface area contributed by atoms with Crippen LogP contribution in [0.1, 0.15) is 30.0 Å². The van der Waals surface area contributed by atoms with Gasteiger partial charge in [-0.1, -0.05) is 24.3 Å². The average molecular weight is 254 g/mol. The van der Waals surface area contributed by atoms with Crippen LogP contribution in [0, 0.1) is 0 Å². The number of fused-ring (bicyclic) bond motifs is 1. The molecule has 1 atom stereocenters. The molecule has 3 rings (SSSR count). The minimum absolute atomic E-state index is 0.306. The zero-order chi connectivity index (χ0) is 13.2. The van der Waals surface area contributed by atoms with E-state index in [4.69, 9.17) is 11.5 Å². The first kappa shape index (κ1) is 11.8. The molecule has 2 aromatic rings. The summed E-state index contributed by atoms with van der Waals surface area (Å²) in [7, 11) is 0. The van der Waals surface area contributed by atoms with Crippen LogP contribution in [0.3, 0.4) is 0 Å². The fourth-order valence-electron chi connectivity index (χ4n) is 2.65. The summed E-state index contributed by atoms with van der Waals surface area (Å²) in [5.74, 6) is 1.17. The molecule has 0 aliphatic heterocycles. The maximum absolute atomic E-state index is 5.74. The molecule has 98 valence electrons. The minimum atomic E-state index is 0.306. The maximum Gasteiger partial charge on any atom is 0.149 e. The highest BCUT2D eigenvalue weighted by atomic mass is 15.0. The van der Waals surface area contributed by atoms with Gasteiger partial charge in [0.05, 0.1) is 11.7 Å². The number of nitrogens with one attached hydrogen (secondary N) is 1. The molecule has 1 heterocycles. The number of pyridine rings is 1. The van der Waals surface area contributed by atoms with Crippen molar-refractivity contribution < 1.29 is 0 Å². The van der Waals surface area contributed by atoms with Crippen LogP contribution in [0.4, 0.5) is 17.3 Å². The lowest BCUT2D eigenvalue weighted by atomic mass is 9.88. The molecule has 1 aliphatic rings. The van der Waals surface area contributed by atoms with Gasteiger partial charge in [0, 0.05) is 0 Å². The molecule has 5 N–H and O–H groups in total. The number of hydrogen-bond acceptors (Lipinski definition) is 4. The Morgan fingerprint density at radius 1 is 1.11 bits per heavy atom. The van der Waals surface area contributed by atoms with Gasteiger partial charge < -0.3 is 16.8 Å². The average Bonchev–Trinajstić information content (AvgIpc) is 2.43. The second-order valence-corrected chi connectivity index (χ2v) is 4.96. The molecule has 4 heteroatoms. The third-order valence-electron chi connectivity index (χ3n) is 3.65. The van der Waals surface area contributed by atoms with Crippen LogP contribution in [0.5, 0.6) is 0 Å². The molecule has 0 saturated carbocycles. The lowest BCUT2D eigenvalue weighted by Crippen LogP contribution is -2.18. The lowest BCUT2D eigenvalue weighted by Gasteiger charge is -2.26. The summed E-state index contributed by atoms with van der Waals surface area (Å²) in [5, 5.41) is 3.46. The van der Waals surface area contributed by atoms with Crippen LogP contribution in [-0.2, 0) is 6.42 Å². The smallest absolute Gasteiger partial charge is 0.149 e. The number of benzene rings is 1. The molecule has 1 unspecified atom stereocenters. The summed E-state index contributed by atoms with van der Waals surface area (Å²) in [6.07, 6.45) is 3.47. The van der Waals surface area contributed by atoms with Gasteiger partial charge in [-0.15, -0.1) is 0 Å². The van der Waals surface area contributed by atoms with Crippen molar-refractivity contribution in [1.82, 2.24) is 4.98 Å². The molecule has 4 nitrogen and oxygen atoms in total. The molecule has 1 aromatic heterocycles. The van der Waals surface area contributed by atoms with Gasteiger partial charge >= 0.3 is 0 Å². The molecule has 19 heavy (non-hydrogen) atoms. The number of aromatic nitrogens is 1. The van der Waals surface area contributed by atoms with E-state index in [1.807, 2.05) is 6.07 Å². The van der Waals surface area contributed by atoms with Crippen molar-refractivity contribution in [2.45, 2.75) is 25.3 Å². The summed E-state index contributed by atoms with van der Waals surface area (Å²) in [4.78, 5) is 4.28. The molecule has 0 spiro atoms. The normalized spacial score (nSPS) is 17.8. The van der Waals surface area contributed by atoms with Crippen LogP contribution < -0.4 is 16.8 Å². The van der Waals surface area contributed by atoms with Crippen LogP contribution in [0.2, 0.25) is 0 Å². The van der Waals surface area contributed by atoms with Crippen molar-refractivity contribution in [3.63, 3.8) is 0 Å². The third-order valence-corrected chi connectivity index (χ3v) is 3.65. The van der Waals surface area contributed by atoms with E-state index in [0.29, 0.717) is 17.5 Å². The molecule has 0 amide bonds. The molecule has 0 radical (unpaired) electrons. The van der Waals surface area contributed by atoms with Crippen LogP contribution >= 0.6 is 0 Å². The van der Waals surface area contributed by atoms with Crippen LogP contribution in [-0.4, -0.2) is 4.98 Å². The standard InChI is InChI=1S/C15H18N4/c16-12-8-9-14(19-15(12)17)18-13-7-3-5-10-4-1-2-6-11(10)13/h1-2,4,6,8-9,13H,3,5,7,16H2,(H3,17,18,19). The number of nitrogens with zero attached hydrogens (tertiary/aromatic N) is 1. The predicted molar refractivity (Wildman–Crippen MR) is 78.8 cm³/mol. The van der Waals surface area contributed by atoms with Crippen molar-refractivity contribution in [3.8, 4) is 0 Å². The monoisotopic (exact) mass is 254 g/mol. The number of nitrogen functional groups attached to an aromatic ring is 2. The highest BCUT2D eigenvalue weighted by Gasteiger charge is 2.19. The molecule has 0 fully saturated rings. The first-order chi connectivity index (χ1) is 9.24. The van der Waals surface area contributed by atoms with E-state index in [-0.39, 0.29) is 0 Å². The molecule has 0 bridgehead atoms. The minimum Gasteiger partial charge on any atom is -0.396 e. The Balaban J connectivity index is 1.86. The fourth-order valence-corrected chi connectivity index (χ4v) is 2.65. The maximum atomic E-state index is 5.74. The van der Waals surface area contributed by atoms with Crippen molar-refractivity contribution >= 4 is 17.3 Å². The number of rotatable bonds is 2. The summed E-state index contributed by atoms with van der Waals surface area (Å²) in [5.41, 5.74) is 14.7. The number of anilines is 3. The third kappa shape index (κ3) is 2.34. The number of nitrogens with two attached hydrogens (primary N) is 2. The zero-order valence-electron chi connectivity index (χ0n) is 10.8. The lowest BCUT2D eigenvalue weighted by molar-refractivity contribution is 0.599. The second-order valence-electron chi connectivity index (χ2n) is 4.96. The fraction of sp³-hybridized carbons (Fsp3) is 0.267. The highest BCUT2D eigenvalue weighted by molar-refractivity contribution is 5.62. The summed E-state index contributed by atoms with van der Waals surface area (Å²) in [6, 6.07) is 12.5. The second kappa shape index (κ2) is 4.80. The Bertz CT molecular complexity index is 594. The molecule has 1 aromatic carbocycles. The van der Waals surface area contributed by atoms with E-state index in [1.165, 1.54) is 17.5 Å². The summed E-state index contributed by atoms with van der Waals surface area (Å²) in [6.45, 7) is 0. The number of hydrogen-bond donors (Lipinski definition) is 3. The first-order valence-corrected chi connectivity index (χ1v) is 6.60. The van der Waals surface area contributed by atoms with Crippen molar-refractivity contribution in [1.29, 1.82) is 0 Å². The Morgan fingerprint density at radius 2 is 1.95 bits per heavy atom. The molecule has 0 saturated heterocycles. The number of aryl methyl sites for hydroxylation is 1.